The summed E-state index contributed by atoms with van der Waals surface area (Å²) in [6, 6.07) is 0. The van der Waals surface area contributed by atoms with E-state index in [1.807, 2.05) is 0 Å². The van der Waals surface area contributed by atoms with Crippen LogP contribution in [0.1, 0.15) is 12.8 Å². The van der Waals surface area contributed by atoms with E-state index in [1.54, 1.807) is 0 Å². The van der Waals surface area contributed by atoms with Crippen LogP contribution in [0, 0.1) is 5.92 Å². The van der Waals surface area contributed by atoms with Crippen molar-refractivity contribution in [3.8, 4) is 0 Å². The zero-order valence-corrected chi connectivity index (χ0v) is 8.87. The van der Waals surface area contributed by atoms with E-state index in [4.69, 9.17) is 10.5 Å². The van der Waals surface area contributed by atoms with Gasteiger partial charge in [0.1, 0.15) is 6.73 Å². The van der Waals surface area contributed by atoms with Gasteiger partial charge < -0.3 is 10.5 Å². The van der Waals surface area contributed by atoms with Crippen LogP contribution in [0.25, 0.3) is 0 Å². The van der Waals surface area contributed by atoms with Crippen molar-refractivity contribution < 1.29 is 13.2 Å². The summed E-state index contributed by atoms with van der Waals surface area (Å²) in [6.07, 6.45) is 1.60. The normalized spacial score (nSPS) is 30.5. The van der Waals surface area contributed by atoms with Crippen molar-refractivity contribution in [1.82, 2.24) is 4.31 Å². The first kappa shape index (κ1) is 10.4. The number of nitrogens with zero attached hydrogens (tertiary/aromatic N) is 1. The topological polar surface area (TPSA) is 72.6 Å². The summed E-state index contributed by atoms with van der Waals surface area (Å²) in [5, 5.41) is -0.150. The molecule has 2 aliphatic rings. The van der Waals surface area contributed by atoms with Crippen molar-refractivity contribution in [2.24, 2.45) is 11.7 Å². The molecule has 0 aromatic rings. The summed E-state index contributed by atoms with van der Waals surface area (Å²) in [4.78, 5) is 0. The standard InChI is InChI=1S/C8H16N2O3S/c9-3-7-4-10(6-13-5-7)14(11,12)8-1-2-8/h7-8H,1-6,9H2. The van der Waals surface area contributed by atoms with Crippen LogP contribution in [0.5, 0.6) is 0 Å². The Morgan fingerprint density at radius 2 is 2.14 bits per heavy atom. The van der Waals surface area contributed by atoms with Gasteiger partial charge in [-0.1, -0.05) is 0 Å². The third-order valence-corrected chi connectivity index (χ3v) is 4.98. The van der Waals surface area contributed by atoms with Crippen LogP contribution in [0.15, 0.2) is 0 Å². The second kappa shape index (κ2) is 3.77. The van der Waals surface area contributed by atoms with Gasteiger partial charge in [0.05, 0.1) is 11.9 Å². The van der Waals surface area contributed by atoms with Gasteiger partial charge in [0.25, 0.3) is 0 Å². The lowest BCUT2D eigenvalue weighted by Crippen LogP contribution is -2.46. The van der Waals surface area contributed by atoms with Crippen LogP contribution in [0.2, 0.25) is 0 Å². The molecule has 1 aliphatic carbocycles. The number of nitrogens with two attached hydrogens (primary N) is 1. The minimum atomic E-state index is -3.08. The van der Waals surface area contributed by atoms with Crippen molar-refractivity contribution in [3.63, 3.8) is 0 Å². The lowest BCUT2D eigenvalue weighted by atomic mass is 10.1. The molecular formula is C8H16N2O3S. The SMILES string of the molecule is NCC1COCN(S(=O)(=O)C2CC2)C1. The van der Waals surface area contributed by atoms with Gasteiger partial charge in [-0.15, -0.1) is 0 Å². The Labute approximate surface area is 84.3 Å². The smallest absolute Gasteiger partial charge is 0.218 e. The van der Waals surface area contributed by atoms with Crippen LogP contribution in [-0.4, -0.2) is 44.4 Å². The Hall–Kier alpha value is -0.170. The van der Waals surface area contributed by atoms with Crippen LogP contribution < -0.4 is 5.73 Å². The van der Waals surface area contributed by atoms with Crippen molar-refractivity contribution >= 4 is 10.0 Å². The largest absolute Gasteiger partial charge is 0.365 e. The van der Waals surface area contributed by atoms with Crippen molar-refractivity contribution in [1.29, 1.82) is 0 Å². The van der Waals surface area contributed by atoms with Gasteiger partial charge in [0.2, 0.25) is 10.0 Å². The predicted molar refractivity (Wildman–Crippen MR) is 52.0 cm³/mol. The van der Waals surface area contributed by atoms with Crippen LogP contribution in [-0.2, 0) is 14.8 Å². The molecule has 0 aromatic carbocycles. The summed E-state index contributed by atoms with van der Waals surface area (Å²) in [5.74, 6) is 0.150. The summed E-state index contributed by atoms with van der Waals surface area (Å²) in [5.41, 5.74) is 5.50. The van der Waals surface area contributed by atoms with Crippen LogP contribution >= 0.6 is 0 Å². The highest BCUT2D eigenvalue weighted by Gasteiger charge is 2.41. The number of ether oxygens (including phenoxy) is 1. The molecule has 5 nitrogen and oxygen atoms in total. The van der Waals surface area contributed by atoms with Gasteiger partial charge in [0, 0.05) is 12.5 Å². The molecule has 1 heterocycles. The number of sulfonamides is 1. The molecule has 6 heteroatoms. The Morgan fingerprint density at radius 1 is 1.43 bits per heavy atom. The second-order valence-electron chi connectivity index (χ2n) is 3.98. The lowest BCUT2D eigenvalue weighted by Gasteiger charge is -2.31. The molecule has 0 bridgehead atoms. The number of hydrogen-bond acceptors (Lipinski definition) is 4. The second-order valence-corrected chi connectivity index (χ2v) is 6.19. The van der Waals surface area contributed by atoms with Gasteiger partial charge in [-0.25, -0.2) is 8.42 Å². The molecular weight excluding hydrogens is 204 g/mol. The highest BCUT2D eigenvalue weighted by Crippen LogP contribution is 2.31. The summed E-state index contributed by atoms with van der Waals surface area (Å²) in [7, 11) is -3.08. The molecule has 14 heavy (non-hydrogen) atoms. The fourth-order valence-electron chi connectivity index (χ4n) is 1.61. The minimum absolute atomic E-state index is 0.150. The molecule has 2 fully saturated rings. The molecule has 1 atom stereocenters. The number of hydrogen-bond donors (Lipinski definition) is 1. The fourth-order valence-corrected chi connectivity index (χ4v) is 3.40. The molecule has 82 valence electrons. The maximum Gasteiger partial charge on any atom is 0.218 e. The van der Waals surface area contributed by atoms with Gasteiger partial charge in [-0.3, -0.25) is 0 Å². The molecule has 0 amide bonds. The third-order valence-electron chi connectivity index (χ3n) is 2.69. The van der Waals surface area contributed by atoms with Crippen LogP contribution in [0.4, 0.5) is 0 Å². The van der Waals surface area contributed by atoms with Crippen molar-refractivity contribution in [2.75, 3.05) is 26.4 Å². The minimum Gasteiger partial charge on any atom is -0.365 e. The molecule has 1 saturated heterocycles. The van der Waals surface area contributed by atoms with Crippen LogP contribution in [0.3, 0.4) is 0 Å². The molecule has 0 spiro atoms. The van der Waals surface area contributed by atoms with E-state index in [9.17, 15) is 8.42 Å². The zero-order valence-electron chi connectivity index (χ0n) is 8.05. The van der Waals surface area contributed by atoms with E-state index >= 15 is 0 Å². The molecule has 2 N–H and O–H groups in total. The Kier molecular flexibility index (Phi) is 2.79. The fraction of sp³-hybridized carbons (Fsp3) is 1.00. The molecule has 1 aliphatic heterocycles. The predicted octanol–water partition coefficient (Wildman–Crippen LogP) is -0.657. The summed E-state index contributed by atoms with van der Waals surface area (Å²) in [6.45, 7) is 1.79. The first-order chi connectivity index (χ1) is 6.64. The third kappa shape index (κ3) is 1.93. The summed E-state index contributed by atoms with van der Waals surface area (Å²) >= 11 is 0. The van der Waals surface area contributed by atoms with Gasteiger partial charge >= 0.3 is 0 Å². The average Bonchev–Trinajstić information content (AvgIpc) is 3.01. The summed E-state index contributed by atoms with van der Waals surface area (Å²) < 4.78 is 30.3. The highest BCUT2D eigenvalue weighted by atomic mass is 32.2. The molecule has 0 aromatic heterocycles. The van der Waals surface area contributed by atoms with E-state index in [-0.39, 0.29) is 17.9 Å². The monoisotopic (exact) mass is 220 g/mol. The van der Waals surface area contributed by atoms with E-state index in [0.717, 1.165) is 12.8 Å². The van der Waals surface area contributed by atoms with Gasteiger partial charge in [-0.05, 0) is 19.4 Å². The average molecular weight is 220 g/mol. The quantitative estimate of drug-likeness (QED) is 0.685. The van der Waals surface area contributed by atoms with E-state index in [1.165, 1.54) is 4.31 Å². The zero-order chi connectivity index (χ0) is 10.2. The van der Waals surface area contributed by atoms with Gasteiger partial charge in [-0.2, -0.15) is 4.31 Å². The first-order valence-electron chi connectivity index (χ1n) is 4.91. The lowest BCUT2D eigenvalue weighted by molar-refractivity contribution is -0.00216. The maximum absolute atomic E-state index is 11.8. The number of rotatable bonds is 3. The van der Waals surface area contributed by atoms with Crippen molar-refractivity contribution in [2.45, 2.75) is 18.1 Å². The Balaban J connectivity index is 2.03. The molecule has 1 unspecified atom stereocenters. The maximum atomic E-state index is 11.8. The molecule has 2 rings (SSSR count). The van der Waals surface area contributed by atoms with E-state index in [2.05, 4.69) is 0 Å². The Morgan fingerprint density at radius 3 is 2.71 bits per heavy atom. The molecule has 1 saturated carbocycles. The first-order valence-corrected chi connectivity index (χ1v) is 6.41. The highest BCUT2D eigenvalue weighted by molar-refractivity contribution is 7.90. The van der Waals surface area contributed by atoms with Gasteiger partial charge in [0.15, 0.2) is 0 Å². The van der Waals surface area contributed by atoms with E-state index in [0.29, 0.717) is 19.7 Å². The van der Waals surface area contributed by atoms with Crippen molar-refractivity contribution in [3.05, 3.63) is 0 Å². The Bertz CT molecular complexity index is 300. The molecule has 0 radical (unpaired) electrons. The van der Waals surface area contributed by atoms with E-state index < -0.39 is 10.0 Å².